The minimum Gasteiger partial charge on any atom is -0.459 e. The standard InChI is InChI=1S/C18H18B3F3O7S/c19-7-13-12(5-10(20)6-14(13)21)17(26)30-11-3-1-2-9(4-11)16(25)31-15(18(22,23)24)8-32(27,28)29/h5-6,9,11,15H,1-4,7-8H2,(H,27,28,29). The van der Waals surface area contributed by atoms with Gasteiger partial charge in [0, 0.05) is 0 Å². The van der Waals surface area contributed by atoms with Gasteiger partial charge in [0.2, 0.25) is 6.10 Å². The van der Waals surface area contributed by atoms with Crippen molar-refractivity contribution in [1.29, 1.82) is 0 Å². The molecule has 14 heteroatoms. The van der Waals surface area contributed by atoms with E-state index in [1.807, 2.05) is 0 Å². The first kappa shape index (κ1) is 26.3. The maximum atomic E-state index is 13.0. The lowest BCUT2D eigenvalue weighted by Crippen LogP contribution is -2.42. The van der Waals surface area contributed by atoms with Crippen molar-refractivity contribution in [3.63, 3.8) is 0 Å². The molecular weight excluding hydrogens is 450 g/mol. The van der Waals surface area contributed by atoms with Crippen molar-refractivity contribution in [2.75, 3.05) is 5.75 Å². The Balaban J connectivity index is 2.08. The van der Waals surface area contributed by atoms with Gasteiger partial charge < -0.3 is 9.47 Å². The van der Waals surface area contributed by atoms with Crippen LogP contribution in [-0.2, 0) is 30.7 Å². The highest BCUT2D eigenvalue weighted by Gasteiger charge is 2.46. The summed E-state index contributed by atoms with van der Waals surface area (Å²) in [6.07, 6.45) is -8.38. The number of ether oxygens (including phenoxy) is 2. The molecule has 0 aliphatic heterocycles. The Morgan fingerprint density at radius 1 is 1.22 bits per heavy atom. The summed E-state index contributed by atoms with van der Waals surface area (Å²) in [5.74, 6) is -4.98. The molecule has 1 aromatic rings. The highest BCUT2D eigenvalue weighted by Crippen LogP contribution is 2.31. The fourth-order valence-electron chi connectivity index (χ4n) is 3.43. The average Bonchev–Trinajstić information content (AvgIpc) is 2.65. The third-order valence-electron chi connectivity index (χ3n) is 4.95. The summed E-state index contributed by atoms with van der Waals surface area (Å²) in [6.45, 7) is 0. The molecule has 0 bridgehead atoms. The van der Waals surface area contributed by atoms with E-state index in [4.69, 9.17) is 32.8 Å². The molecule has 0 saturated heterocycles. The second kappa shape index (κ2) is 10.3. The van der Waals surface area contributed by atoms with E-state index in [0.717, 1.165) is 0 Å². The van der Waals surface area contributed by atoms with Gasteiger partial charge in [-0.15, -0.1) is 0 Å². The van der Waals surface area contributed by atoms with Crippen molar-refractivity contribution < 1.29 is 45.2 Å². The number of rotatable bonds is 7. The number of hydrogen-bond acceptors (Lipinski definition) is 6. The maximum Gasteiger partial charge on any atom is 0.426 e. The molecule has 3 atom stereocenters. The molecule has 7 nitrogen and oxygen atoms in total. The highest BCUT2D eigenvalue weighted by atomic mass is 32.2. The molecule has 6 radical (unpaired) electrons. The van der Waals surface area contributed by atoms with Crippen LogP contribution in [0.2, 0.25) is 0 Å². The van der Waals surface area contributed by atoms with Gasteiger partial charge in [0.25, 0.3) is 10.1 Å². The van der Waals surface area contributed by atoms with E-state index in [1.54, 1.807) is 0 Å². The molecule has 0 heterocycles. The number of halogens is 3. The number of benzene rings is 1. The fourth-order valence-corrected chi connectivity index (χ4v) is 4.07. The smallest absolute Gasteiger partial charge is 0.426 e. The van der Waals surface area contributed by atoms with Crippen molar-refractivity contribution >= 4 is 56.5 Å². The topological polar surface area (TPSA) is 107 Å². The first-order chi connectivity index (χ1) is 14.7. The van der Waals surface area contributed by atoms with Gasteiger partial charge in [0.05, 0.1) is 19.3 Å². The molecule has 32 heavy (non-hydrogen) atoms. The van der Waals surface area contributed by atoms with Crippen molar-refractivity contribution in [3.05, 3.63) is 23.3 Å². The normalized spacial score (nSPS) is 20.4. The maximum absolute atomic E-state index is 13.0. The average molecular weight is 468 g/mol. The summed E-state index contributed by atoms with van der Waals surface area (Å²) >= 11 is 0. The second-order valence-electron chi connectivity index (χ2n) is 7.45. The van der Waals surface area contributed by atoms with E-state index in [2.05, 4.69) is 4.74 Å². The largest absolute Gasteiger partial charge is 0.459 e. The predicted octanol–water partition coefficient (Wildman–Crippen LogP) is 0.0202. The molecule has 1 N–H and O–H groups in total. The van der Waals surface area contributed by atoms with Crippen LogP contribution in [-0.4, -0.2) is 72.6 Å². The molecular formula is C18H18B3F3O7S. The summed E-state index contributed by atoms with van der Waals surface area (Å²) in [5.41, 5.74) is 0.754. The molecule has 2 rings (SSSR count). The first-order valence-electron chi connectivity index (χ1n) is 9.52. The Morgan fingerprint density at radius 3 is 2.44 bits per heavy atom. The van der Waals surface area contributed by atoms with Crippen molar-refractivity contribution in [2.45, 2.75) is 50.4 Å². The Kier molecular flexibility index (Phi) is 8.49. The fraction of sp³-hybridized carbons (Fsp3) is 0.556. The molecule has 1 aliphatic carbocycles. The third-order valence-corrected chi connectivity index (χ3v) is 5.67. The van der Waals surface area contributed by atoms with Crippen LogP contribution in [0.5, 0.6) is 0 Å². The SMILES string of the molecule is [B]Cc1c([B])cc([B])cc1C(=O)OC1CCCC(C(=O)OC(CS(=O)(=O)O)C(F)(F)F)C1. The van der Waals surface area contributed by atoms with Crippen LogP contribution >= 0.6 is 0 Å². The van der Waals surface area contributed by atoms with Crippen LogP contribution in [0.3, 0.4) is 0 Å². The molecule has 1 aliphatic rings. The van der Waals surface area contributed by atoms with Crippen molar-refractivity contribution in [1.82, 2.24) is 0 Å². The quantitative estimate of drug-likeness (QED) is 0.342. The van der Waals surface area contributed by atoms with Crippen LogP contribution in [0.25, 0.3) is 0 Å². The van der Waals surface area contributed by atoms with Crippen LogP contribution in [0, 0.1) is 5.92 Å². The highest BCUT2D eigenvalue weighted by molar-refractivity contribution is 7.85. The number of hydrogen-bond donors (Lipinski definition) is 1. The lowest BCUT2D eigenvalue weighted by atomic mass is 9.77. The molecule has 1 aromatic carbocycles. The minimum absolute atomic E-state index is 0.0417. The van der Waals surface area contributed by atoms with Gasteiger partial charge in [-0.1, -0.05) is 29.4 Å². The molecule has 0 aromatic heterocycles. The lowest BCUT2D eigenvalue weighted by molar-refractivity contribution is -0.218. The molecule has 0 amide bonds. The van der Waals surface area contributed by atoms with Crippen LogP contribution in [0.15, 0.2) is 12.1 Å². The van der Waals surface area contributed by atoms with Gasteiger partial charge >= 0.3 is 18.1 Å². The molecule has 1 saturated carbocycles. The van der Waals surface area contributed by atoms with E-state index in [-0.39, 0.29) is 35.7 Å². The summed E-state index contributed by atoms with van der Waals surface area (Å²) in [7, 11) is 12.1. The van der Waals surface area contributed by atoms with E-state index >= 15 is 0 Å². The van der Waals surface area contributed by atoms with E-state index in [9.17, 15) is 31.2 Å². The number of alkyl halides is 3. The summed E-state index contributed by atoms with van der Waals surface area (Å²) in [4.78, 5) is 24.8. The number of esters is 2. The summed E-state index contributed by atoms with van der Waals surface area (Å²) in [5, 5.41) is 0. The number of carbonyl (C=O) groups is 2. The third kappa shape index (κ3) is 7.30. The van der Waals surface area contributed by atoms with E-state index < -0.39 is 52.1 Å². The van der Waals surface area contributed by atoms with Gasteiger partial charge in [-0.05, 0) is 31.2 Å². The first-order valence-corrected chi connectivity index (χ1v) is 11.1. The Hall–Kier alpha value is -1.95. The Morgan fingerprint density at radius 2 is 1.88 bits per heavy atom. The van der Waals surface area contributed by atoms with Gasteiger partial charge in [-0.25, -0.2) is 4.79 Å². The van der Waals surface area contributed by atoms with Gasteiger partial charge in [0.1, 0.15) is 27.5 Å². The van der Waals surface area contributed by atoms with Gasteiger partial charge in [0.15, 0.2) is 0 Å². The van der Waals surface area contributed by atoms with E-state index in [0.29, 0.717) is 18.4 Å². The van der Waals surface area contributed by atoms with Crippen molar-refractivity contribution in [2.24, 2.45) is 5.92 Å². The minimum atomic E-state index is -5.20. The van der Waals surface area contributed by atoms with Crippen molar-refractivity contribution in [3.8, 4) is 0 Å². The van der Waals surface area contributed by atoms with Gasteiger partial charge in [-0.3, -0.25) is 9.35 Å². The predicted molar refractivity (Wildman–Crippen MR) is 110 cm³/mol. The molecule has 1 fully saturated rings. The molecule has 0 spiro atoms. The Labute approximate surface area is 187 Å². The Bertz CT molecular complexity index is 969. The second-order valence-corrected chi connectivity index (χ2v) is 8.94. The summed E-state index contributed by atoms with van der Waals surface area (Å²) < 4.78 is 79.1. The zero-order valence-electron chi connectivity index (χ0n) is 16.8. The van der Waals surface area contributed by atoms with Crippen LogP contribution < -0.4 is 10.9 Å². The van der Waals surface area contributed by atoms with E-state index in [1.165, 1.54) is 12.1 Å². The molecule has 3 unspecified atom stereocenters. The number of carbonyl (C=O) groups excluding carboxylic acids is 2. The zero-order chi connectivity index (χ0) is 24.3. The lowest BCUT2D eigenvalue weighted by Gasteiger charge is -2.29. The summed E-state index contributed by atoms with van der Waals surface area (Å²) in [6, 6.07) is 2.76. The monoisotopic (exact) mass is 468 g/mol. The van der Waals surface area contributed by atoms with Crippen LogP contribution in [0.4, 0.5) is 13.2 Å². The zero-order valence-corrected chi connectivity index (χ0v) is 17.6. The van der Waals surface area contributed by atoms with Gasteiger partial charge in [-0.2, -0.15) is 21.6 Å². The molecule has 168 valence electrons. The van der Waals surface area contributed by atoms with Crippen LogP contribution in [0.1, 0.15) is 41.6 Å².